The fraction of sp³-hybridized carbons (Fsp3) is 0.450. The Morgan fingerprint density at radius 1 is 0.727 bits per heavy atom. The minimum absolute atomic E-state index is 0.00530. The van der Waals surface area contributed by atoms with Gasteiger partial charge in [0.15, 0.2) is 25.5 Å². The first-order valence-corrected chi connectivity index (χ1v) is 23.0. The van der Waals surface area contributed by atoms with Crippen molar-refractivity contribution >= 4 is 60.8 Å². The number of hydrogen-bond acceptors (Lipinski definition) is 9. The molecular formula is C40H50N4O8S3. The molecule has 12 nitrogen and oxygen atoms in total. The number of anilines is 1. The SMILES string of the molecule is Cc1ccc(S(=O)(=O)CC(CS(=O)(=O)c2ccc(C)cc2)C(=O)c2ccc(NC(=O)CCCCCNC(=O)CCCCC3SCC4NC(=O)NC43)cc2)cc1. The van der Waals surface area contributed by atoms with E-state index in [1.807, 2.05) is 25.6 Å². The number of rotatable bonds is 20. The number of ketones is 1. The quantitative estimate of drug-likeness (QED) is 0.0660. The Bertz CT molecular complexity index is 1960. The van der Waals surface area contributed by atoms with E-state index in [0.717, 1.165) is 49.0 Å². The van der Waals surface area contributed by atoms with Crippen LogP contribution < -0.4 is 21.3 Å². The van der Waals surface area contributed by atoms with Crippen LogP contribution in [-0.4, -0.2) is 81.6 Å². The third-order valence-electron chi connectivity index (χ3n) is 9.91. The average Bonchev–Trinajstić information content (AvgIpc) is 3.70. The molecule has 3 unspecified atom stereocenters. The van der Waals surface area contributed by atoms with Crippen LogP contribution in [0.15, 0.2) is 82.6 Å². The van der Waals surface area contributed by atoms with Gasteiger partial charge in [0, 0.05) is 41.6 Å². The minimum atomic E-state index is -4.02. The second-order valence-electron chi connectivity index (χ2n) is 14.4. The molecule has 3 aromatic carbocycles. The van der Waals surface area contributed by atoms with Crippen molar-refractivity contribution in [2.24, 2.45) is 5.92 Å². The Kier molecular flexibility index (Phi) is 14.6. The van der Waals surface area contributed by atoms with E-state index in [9.17, 15) is 36.0 Å². The van der Waals surface area contributed by atoms with E-state index in [0.29, 0.717) is 30.3 Å². The highest BCUT2D eigenvalue weighted by Crippen LogP contribution is 2.33. The molecule has 0 bridgehead atoms. The van der Waals surface area contributed by atoms with Gasteiger partial charge in [0.2, 0.25) is 11.8 Å². The molecule has 0 aliphatic carbocycles. The Balaban J connectivity index is 1.05. The summed E-state index contributed by atoms with van der Waals surface area (Å²) in [6.45, 7) is 4.18. The molecule has 2 heterocycles. The van der Waals surface area contributed by atoms with Crippen molar-refractivity contribution in [3.05, 3.63) is 89.5 Å². The summed E-state index contributed by atoms with van der Waals surface area (Å²) in [5.74, 6) is -2.67. The number of urea groups is 1. The molecule has 0 spiro atoms. The number of carbonyl (C=O) groups is 4. The van der Waals surface area contributed by atoms with Gasteiger partial charge in [-0.15, -0.1) is 0 Å². The third kappa shape index (κ3) is 12.1. The van der Waals surface area contributed by atoms with Crippen LogP contribution in [-0.2, 0) is 29.3 Å². The van der Waals surface area contributed by atoms with Crippen LogP contribution in [0.1, 0.15) is 72.9 Å². The summed E-state index contributed by atoms with van der Waals surface area (Å²) in [5, 5.41) is 12.1. The molecule has 4 amide bonds. The van der Waals surface area contributed by atoms with Gasteiger partial charge in [0.1, 0.15) is 0 Å². The lowest BCUT2D eigenvalue weighted by molar-refractivity contribution is -0.121. The zero-order valence-electron chi connectivity index (χ0n) is 31.2. The molecule has 5 rings (SSSR count). The summed E-state index contributed by atoms with van der Waals surface area (Å²) < 4.78 is 53.6. The number of hydrogen-bond donors (Lipinski definition) is 4. The lowest BCUT2D eigenvalue weighted by Gasteiger charge is -2.17. The minimum Gasteiger partial charge on any atom is -0.356 e. The number of nitrogens with one attached hydrogen (secondary N) is 4. The molecule has 15 heteroatoms. The Hall–Kier alpha value is -4.21. The van der Waals surface area contributed by atoms with Gasteiger partial charge in [-0.3, -0.25) is 14.4 Å². The second kappa shape index (κ2) is 19.1. The fourth-order valence-electron chi connectivity index (χ4n) is 6.77. The van der Waals surface area contributed by atoms with Gasteiger partial charge in [0.05, 0.1) is 39.3 Å². The van der Waals surface area contributed by atoms with Gasteiger partial charge in [-0.05, 0) is 88.1 Å². The molecule has 3 atom stereocenters. The van der Waals surface area contributed by atoms with Gasteiger partial charge < -0.3 is 21.3 Å². The highest BCUT2D eigenvalue weighted by atomic mass is 32.2. The summed E-state index contributed by atoms with van der Waals surface area (Å²) in [5.41, 5.74) is 2.29. The highest BCUT2D eigenvalue weighted by Gasteiger charge is 2.42. The van der Waals surface area contributed by atoms with Crippen molar-refractivity contribution < 1.29 is 36.0 Å². The smallest absolute Gasteiger partial charge is 0.315 e. The molecule has 2 fully saturated rings. The van der Waals surface area contributed by atoms with E-state index in [1.165, 1.54) is 48.5 Å². The number of unbranched alkanes of at least 4 members (excludes halogenated alkanes) is 3. The van der Waals surface area contributed by atoms with Crippen LogP contribution >= 0.6 is 11.8 Å². The van der Waals surface area contributed by atoms with E-state index in [-0.39, 0.29) is 51.7 Å². The Morgan fingerprint density at radius 2 is 1.29 bits per heavy atom. The lowest BCUT2D eigenvalue weighted by Crippen LogP contribution is -2.36. The first-order chi connectivity index (χ1) is 26.2. The lowest BCUT2D eigenvalue weighted by atomic mass is 10.0. The van der Waals surface area contributed by atoms with E-state index >= 15 is 0 Å². The number of benzene rings is 3. The van der Waals surface area contributed by atoms with Gasteiger partial charge in [-0.25, -0.2) is 21.6 Å². The molecule has 3 aromatic rings. The van der Waals surface area contributed by atoms with Gasteiger partial charge in [-0.2, -0.15) is 11.8 Å². The predicted octanol–water partition coefficient (Wildman–Crippen LogP) is 5.39. The molecule has 0 saturated carbocycles. The van der Waals surface area contributed by atoms with E-state index in [1.54, 1.807) is 24.3 Å². The zero-order chi connectivity index (χ0) is 39.6. The van der Waals surface area contributed by atoms with E-state index in [2.05, 4.69) is 21.3 Å². The Morgan fingerprint density at radius 3 is 1.89 bits per heavy atom. The Labute approximate surface area is 328 Å². The first kappa shape index (κ1) is 41.9. The van der Waals surface area contributed by atoms with Crippen LogP contribution in [0.25, 0.3) is 0 Å². The molecule has 0 aromatic heterocycles. The van der Waals surface area contributed by atoms with Crippen LogP contribution in [0, 0.1) is 19.8 Å². The molecule has 55 heavy (non-hydrogen) atoms. The molecular weight excluding hydrogens is 761 g/mol. The van der Waals surface area contributed by atoms with Crippen molar-refractivity contribution in [2.75, 3.05) is 29.1 Å². The van der Waals surface area contributed by atoms with Crippen molar-refractivity contribution in [1.82, 2.24) is 16.0 Å². The number of amides is 4. The number of sulfone groups is 2. The monoisotopic (exact) mass is 810 g/mol. The van der Waals surface area contributed by atoms with Gasteiger partial charge in [-0.1, -0.05) is 48.2 Å². The van der Waals surface area contributed by atoms with Gasteiger partial charge >= 0.3 is 6.03 Å². The maximum Gasteiger partial charge on any atom is 0.315 e. The molecule has 2 aliphatic heterocycles. The summed E-state index contributed by atoms with van der Waals surface area (Å²) in [4.78, 5) is 50.2. The third-order valence-corrected chi connectivity index (χ3v) is 15.1. The van der Waals surface area contributed by atoms with Crippen LogP contribution in [0.3, 0.4) is 0 Å². The molecule has 4 N–H and O–H groups in total. The standard InChI is InChI=1S/C40H50N4O8S3/c1-27-11-19-32(20-12-27)54(49,50)25-30(26-55(51,52)33-21-13-28(2)14-22-33)39(47)29-15-17-31(18-16-29)42-37(46)10-4-3-7-23-41-36(45)9-6-5-8-35-38-34(24-53-35)43-40(48)44-38/h11-22,30,34-35,38H,3-10,23-26H2,1-2H3,(H,41,45)(H,42,46)(H2,43,44,48). The number of fused-ring (bicyclic) bond motifs is 1. The summed E-state index contributed by atoms with van der Waals surface area (Å²) in [7, 11) is -8.04. The highest BCUT2D eigenvalue weighted by molar-refractivity contribution is 8.00. The van der Waals surface area contributed by atoms with Crippen LogP contribution in [0.2, 0.25) is 0 Å². The summed E-state index contributed by atoms with van der Waals surface area (Å²) in [6.07, 6.45) is 5.53. The second-order valence-corrected chi connectivity index (χ2v) is 19.7. The van der Waals surface area contributed by atoms with Crippen molar-refractivity contribution in [3.63, 3.8) is 0 Å². The average molecular weight is 811 g/mol. The number of carbonyl (C=O) groups excluding carboxylic acids is 4. The largest absolute Gasteiger partial charge is 0.356 e. The van der Waals surface area contributed by atoms with Gasteiger partial charge in [0.25, 0.3) is 0 Å². The number of Topliss-reactive ketones (excluding diaryl/α,β-unsaturated/α-hetero) is 1. The summed E-state index contributed by atoms with van der Waals surface area (Å²) in [6, 6.07) is 18.7. The number of thioether (sulfide) groups is 1. The number of aryl methyl sites for hydroxylation is 2. The zero-order valence-corrected chi connectivity index (χ0v) is 33.7. The topological polar surface area (TPSA) is 185 Å². The maximum absolute atomic E-state index is 13.8. The van der Waals surface area contributed by atoms with E-state index in [4.69, 9.17) is 0 Å². The van der Waals surface area contributed by atoms with Crippen LogP contribution in [0.4, 0.5) is 10.5 Å². The van der Waals surface area contributed by atoms with Crippen molar-refractivity contribution in [1.29, 1.82) is 0 Å². The molecule has 2 saturated heterocycles. The van der Waals surface area contributed by atoms with Crippen molar-refractivity contribution in [2.45, 2.75) is 92.3 Å². The molecule has 2 aliphatic rings. The van der Waals surface area contributed by atoms with E-state index < -0.39 is 42.9 Å². The molecule has 296 valence electrons. The van der Waals surface area contributed by atoms with Crippen LogP contribution in [0.5, 0.6) is 0 Å². The fourth-order valence-corrected chi connectivity index (χ4v) is 11.5. The van der Waals surface area contributed by atoms with Crippen molar-refractivity contribution in [3.8, 4) is 0 Å². The predicted molar refractivity (Wildman–Crippen MR) is 215 cm³/mol. The first-order valence-electron chi connectivity index (χ1n) is 18.7. The normalized spacial score (nSPS) is 18.0. The molecule has 0 radical (unpaired) electrons. The summed E-state index contributed by atoms with van der Waals surface area (Å²) >= 11 is 1.87. The maximum atomic E-state index is 13.8.